The maximum absolute atomic E-state index is 9.63. The number of nitrogens with zero attached hydrogens (tertiary/aromatic N) is 1. The second-order valence-electron chi connectivity index (χ2n) is 6.19. The fourth-order valence-corrected chi connectivity index (χ4v) is 3.12. The highest BCUT2D eigenvalue weighted by Gasteiger charge is 2.21. The number of nitrogens with one attached hydrogen (secondary N) is 1. The van der Waals surface area contributed by atoms with Crippen molar-refractivity contribution in [3.63, 3.8) is 0 Å². The van der Waals surface area contributed by atoms with Crippen LogP contribution in [0.25, 0.3) is 0 Å². The van der Waals surface area contributed by atoms with E-state index in [-0.39, 0.29) is 12.6 Å². The zero-order valence-electron chi connectivity index (χ0n) is 13.1. The van der Waals surface area contributed by atoms with Gasteiger partial charge in [0, 0.05) is 29.8 Å². The minimum absolute atomic E-state index is 0.217. The van der Waals surface area contributed by atoms with Gasteiger partial charge in [0.15, 0.2) is 0 Å². The summed E-state index contributed by atoms with van der Waals surface area (Å²) in [5.74, 6) is 0. The Morgan fingerprint density at radius 1 is 1.33 bits per heavy atom. The lowest BCUT2D eigenvalue weighted by Gasteiger charge is -2.31. The van der Waals surface area contributed by atoms with Crippen LogP contribution in [-0.4, -0.2) is 30.3 Å². The number of rotatable bonds is 5. The highest BCUT2D eigenvalue weighted by Crippen LogP contribution is 2.28. The van der Waals surface area contributed by atoms with Gasteiger partial charge in [0.2, 0.25) is 0 Å². The molecule has 1 saturated heterocycles. The Balaban J connectivity index is 2.13. The number of aliphatic hydroxyl groups is 1. The lowest BCUT2D eigenvalue weighted by Crippen LogP contribution is -2.37. The first-order chi connectivity index (χ1) is 10.1. The van der Waals surface area contributed by atoms with Gasteiger partial charge < -0.3 is 15.3 Å². The molecule has 2 rings (SSSR count). The van der Waals surface area contributed by atoms with Crippen molar-refractivity contribution in [2.45, 2.75) is 58.2 Å². The average molecular weight is 311 g/mol. The molecule has 3 nitrogen and oxygen atoms in total. The van der Waals surface area contributed by atoms with Gasteiger partial charge in [-0.2, -0.15) is 0 Å². The molecule has 1 aromatic rings. The van der Waals surface area contributed by atoms with Gasteiger partial charge in [-0.05, 0) is 30.5 Å². The van der Waals surface area contributed by atoms with Gasteiger partial charge >= 0.3 is 0 Å². The summed E-state index contributed by atoms with van der Waals surface area (Å²) in [6.45, 7) is 6.27. The molecule has 0 aromatic heterocycles. The molecular weight excluding hydrogens is 284 g/mol. The number of hydrogen-bond donors (Lipinski definition) is 2. The Bertz CT molecular complexity index is 450. The molecule has 1 aliphatic rings. The van der Waals surface area contributed by atoms with Gasteiger partial charge in [-0.3, -0.25) is 0 Å². The monoisotopic (exact) mass is 310 g/mol. The molecule has 118 valence electrons. The van der Waals surface area contributed by atoms with E-state index in [0.29, 0.717) is 6.04 Å². The first kappa shape index (κ1) is 16.6. The molecule has 0 radical (unpaired) electrons. The van der Waals surface area contributed by atoms with E-state index in [0.717, 1.165) is 35.8 Å². The fraction of sp³-hybridized carbons (Fsp3) is 0.647. The summed E-state index contributed by atoms with van der Waals surface area (Å²) in [4.78, 5) is 2.32. The first-order valence-corrected chi connectivity index (χ1v) is 8.39. The predicted octanol–water partition coefficient (Wildman–Crippen LogP) is 3.58. The fourth-order valence-electron chi connectivity index (χ4n) is 2.88. The van der Waals surface area contributed by atoms with Gasteiger partial charge in [-0.25, -0.2) is 0 Å². The SMILES string of the molecule is CC(C)NCc1ccc(N2CCCCCC2CO)cc1Cl. The zero-order valence-corrected chi connectivity index (χ0v) is 13.9. The van der Waals surface area contributed by atoms with Crippen LogP contribution in [-0.2, 0) is 6.54 Å². The second kappa shape index (κ2) is 8.02. The summed E-state index contributed by atoms with van der Waals surface area (Å²) in [6.07, 6.45) is 4.69. The van der Waals surface area contributed by atoms with Crippen LogP contribution in [0.3, 0.4) is 0 Å². The molecule has 0 bridgehead atoms. The van der Waals surface area contributed by atoms with Crippen molar-refractivity contribution in [2.24, 2.45) is 0 Å². The molecule has 1 aliphatic heterocycles. The van der Waals surface area contributed by atoms with E-state index in [2.05, 4.69) is 36.2 Å². The lowest BCUT2D eigenvalue weighted by molar-refractivity contribution is 0.255. The van der Waals surface area contributed by atoms with E-state index in [4.69, 9.17) is 11.6 Å². The van der Waals surface area contributed by atoms with Gasteiger partial charge in [0.05, 0.1) is 12.6 Å². The van der Waals surface area contributed by atoms with Crippen molar-refractivity contribution in [3.8, 4) is 0 Å². The predicted molar refractivity (Wildman–Crippen MR) is 90.1 cm³/mol. The van der Waals surface area contributed by atoms with Crippen molar-refractivity contribution in [2.75, 3.05) is 18.1 Å². The minimum Gasteiger partial charge on any atom is -0.394 e. The first-order valence-electron chi connectivity index (χ1n) is 8.01. The van der Waals surface area contributed by atoms with Crippen molar-refractivity contribution in [1.29, 1.82) is 0 Å². The lowest BCUT2D eigenvalue weighted by atomic mass is 10.1. The van der Waals surface area contributed by atoms with Crippen molar-refractivity contribution >= 4 is 17.3 Å². The molecule has 0 aliphatic carbocycles. The Morgan fingerprint density at radius 3 is 2.81 bits per heavy atom. The van der Waals surface area contributed by atoms with Crippen molar-refractivity contribution in [3.05, 3.63) is 28.8 Å². The molecular formula is C17H27ClN2O. The van der Waals surface area contributed by atoms with Gasteiger partial charge in [0.25, 0.3) is 0 Å². The highest BCUT2D eigenvalue weighted by atomic mass is 35.5. The summed E-state index contributed by atoms with van der Waals surface area (Å²) in [5.41, 5.74) is 2.26. The topological polar surface area (TPSA) is 35.5 Å². The summed E-state index contributed by atoms with van der Waals surface area (Å²) in [5, 5.41) is 13.8. The number of aliphatic hydroxyl groups excluding tert-OH is 1. The third-order valence-electron chi connectivity index (χ3n) is 4.16. The Hall–Kier alpha value is -0.770. The summed E-state index contributed by atoms with van der Waals surface area (Å²) < 4.78 is 0. The third kappa shape index (κ3) is 4.60. The quantitative estimate of drug-likeness (QED) is 0.872. The molecule has 21 heavy (non-hydrogen) atoms. The zero-order chi connectivity index (χ0) is 15.2. The van der Waals surface area contributed by atoms with E-state index in [1.54, 1.807) is 0 Å². The van der Waals surface area contributed by atoms with Gasteiger partial charge in [-0.15, -0.1) is 0 Å². The highest BCUT2D eigenvalue weighted by molar-refractivity contribution is 6.31. The van der Waals surface area contributed by atoms with Crippen LogP contribution in [0, 0.1) is 0 Å². The molecule has 4 heteroatoms. The smallest absolute Gasteiger partial charge is 0.0635 e. The normalized spacial score (nSPS) is 19.9. The molecule has 1 fully saturated rings. The van der Waals surface area contributed by atoms with Crippen LogP contribution in [0.1, 0.15) is 45.1 Å². The van der Waals surface area contributed by atoms with Crippen LogP contribution in [0.5, 0.6) is 0 Å². The number of anilines is 1. The standard InChI is InChI=1S/C17H27ClN2O/c1-13(2)19-11-14-7-8-15(10-17(14)18)20-9-5-3-4-6-16(20)12-21/h7-8,10,13,16,19,21H,3-6,9,11-12H2,1-2H3. The van der Waals surface area contributed by atoms with E-state index < -0.39 is 0 Å². The van der Waals surface area contributed by atoms with E-state index >= 15 is 0 Å². The van der Waals surface area contributed by atoms with Crippen LogP contribution in [0.2, 0.25) is 5.02 Å². The van der Waals surface area contributed by atoms with Crippen molar-refractivity contribution < 1.29 is 5.11 Å². The summed E-state index contributed by atoms with van der Waals surface area (Å²) in [6, 6.07) is 6.96. The Kier molecular flexibility index (Phi) is 6.34. The molecule has 0 saturated carbocycles. The number of benzene rings is 1. The summed E-state index contributed by atoms with van der Waals surface area (Å²) >= 11 is 6.43. The Morgan fingerprint density at radius 2 is 2.14 bits per heavy atom. The second-order valence-corrected chi connectivity index (χ2v) is 6.60. The summed E-state index contributed by atoms with van der Waals surface area (Å²) in [7, 11) is 0. The van der Waals surface area contributed by atoms with E-state index in [9.17, 15) is 5.11 Å². The molecule has 1 aromatic carbocycles. The third-order valence-corrected chi connectivity index (χ3v) is 4.51. The van der Waals surface area contributed by atoms with Crippen LogP contribution in [0.4, 0.5) is 5.69 Å². The molecule has 0 spiro atoms. The minimum atomic E-state index is 0.217. The van der Waals surface area contributed by atoms with Gasteiger partial charge in [-0.1, -0.05) is 44.4 Å². The molecule has 1 unspecified atom stereocenters. The number of halogens is 1. The molecule has 1 heterocycles. The Labute approximate surface area is 133 Å². The maximum Gasteiger partial charge on any atom is 0.0635 e. The largest absolute Gasteiger partial charge is 0.394 e. The van der Waals surface area contributed by atoms with Crippen LogP contribution in [0.15, 0.2) is 18.2 Å². The average Bonchev–Trinajstić information content (AvgIpc) is 2.70. The van der Waals surface area contributed by atoms with Crippen LogP contribution < -0.4 is 10.2 Å². The molecule has 2 N–H and O–H groups in total. The molecule has 0 amide bonds. The number of hydrogen-bond acceptors (Lipinski definition) is 3. The van der Waals surface area contributed by atoms with Crippen molar-refractivity contribution in [1.82, 2.24) is 5.32 Å². The van der Waals surface area contributed by atoms with Crippen LogP contribution >= 0.6 is 11.6 Å². The van der Waals surface area contributed by atoms with E-state index in [1.807, 2.05) is 6.07 Å². The van der Waals surface area contributed by atoms with E-state index in [1.165, 1.54) is 19.3 Å². The van der Waals surface area contributed by atoms with Gasteiger partial charge in [0.1, 0.15) is 0 Å². The molecule has 1 atom stereocenters. The maximum atomic E-state index is 9.63.